The Labute approximate surface area is 102 Å². The number of para-hydroxylation sites is 2. The maximum Gasteiger partial charge on any atom is 0.0632 e. The highest BCUT2D eigenvalue weighted by Gasteiger charge is 2.09. The van der Waals surface area contributed by atoms with E-state index in [-0.39, 0.29) is 0 Å². The summed E-state index contributed by atoms with van der Waals surface area (Å²) in [5.41, 5.74) is 16.6. The predicted octanol–water partition coefficient (Wildman–Crippen LogP) is 2.58. The molecule has 0 saturated carbocycles. The van der Waals surface area contributed by atoms with Crippen LogP contribution in [0.5, 0.6) is 0 Å². The molecule has 4 N–H and O–H groups in total. The van der Waals surface area contributed by atoms with E-state index in [1.165, 1.54) is 0 Å². The molecule has 2 rings (SSSR count). The SMILES string of the molecule is CN(C)c1cccc(-c2ccccc2N)c1N. The Morgan fingerprint density at radius 1 is 0.824 bits per heavy atom. The van der Waals surface area contributed by atoms with Crippen molar-refractivity contribution in [3.8, 4) is 11.1 Å². The van der Waals surface area contributed by atoms with Gasteiger partial charge in [0.05, 0.1) is 11.4 Å². The molecule has 0 spiro atoms. The Morgan fingerprint density at radius 2 is 1.47 bits per heavy atom. The van der Waals surface area contributed by atoms with Crippen LogP contribution >= 0.6 is 0 Å². The minimum atomic E-state index is 0.745. The molecule has 0 aromatic heterocycles. The van der Waals surface area contributed by atoms with Crippen LogP contribution in [0.1, 0.15) is 0 Å². The summed E-state index contributed by atoms with van der Waals surface area (Å²) in [6.45, 7) is 0. The smallest absolute Gasteiger partial charge is 0.0632 e. The summed E-state index contributed by atoms with van der Waals surface area (Å²) in [4.78, 5) is 2.00. The number of nitrogens with two attached hydrogens (primary N) is 2. The van der Waals surface area contributed by atoms with Gasteiger partial charge in [-0.25, -0.2) is 0 Å². The zero-order valence-corrected chi connectivity index (χ0v) is 10.1. The van der Waals surface area contributed by atoms with Gasteiger partial charge in [0.25, 0.3) is 0 Å². The van der Waals surface area contributed by atoms with Crippen molar-refractivity contribution >= 4 is 17.1 Å². The molecule has 0 saturated heterocycles. The Bertz CT molecular complexity index is 533. The van der Waals surface area contributed by atoms with E-state index in [2.05, 4.69) is 0 Å². The summed E-state index contributed by atoms with van der Waals surface area (Å²) >= 11 is 0. The fourth-order valence-corrected chi connectivity index (χ4v) is 1.92. The molecule has 2 aromatic carbocycles. The van der Waals surface area contributed by atoms with E-state index in [9.17, 15) is 0 Å². The first-order valence-corrected chi connectivity index (χ1v) is 5.52. The van der Waals surface area contributed by atoms with Crippen LogP contribution in [0, 0.1) is 0 Å². The number of anilines is 3. The van der Waals surface area contributed by atoms with Crippen molar-refractivity contribution in [3.05, 3.63) is 42.5 Å². The molecule has 17 heavy (non-hydrogen) atoms. The highest BCUT2D eigenvalue weighted by Crippen LogP contribution is 2.35. The second-order valence-electron chi connectivity index (χ2n) is 4.22. The van der Waals surface area contributed by atoms with Gasteiger partial charge in [-0.15, -0.1) is 0 Å². The minimum absolute atomic E-state index is 0.745. The lowest BCUT2D eigenvalue weighted by Crippen LogP contribution is -2.11. The molecule has 0 heterocycles. The number of nitrogen functional groups attached to an aromatic ring is 2. The fourth-order valence-electron chi connectivity index (χ4n) is 1.92. The average Bonchev–Trinajstić information content (AvgIpc) is 2.30. The Morgan fingerprint density at radius 3 is 2.12 bits per heavy atom. The topological polar surface area (TPSA) is 55.3 Å². The van der Waals surface area contributed by atoms with E-state index in [1.54, 1.807) is 0 Å². The van der Waals surface area contributed by atoms with Crippen molar-refractivity contribution in [1.82, 2.24) is 0 Å². The van der Waals surface area contributed by atoms with E-state index in [1.807, 2.05) is 61.5 Å². The van der Waals surface area contributed by atoms with Crippen LogP contribution in [0.4, 0.5) is 17.1 Å². The molecule has 0 aliphatic carbocycles. The van der Waals surface area contributed by atoms with Crippen LogP contribution in [-0.4, -0.2) is 14.1 Å². The standard InChI is InChI=1S/C14H17N3/c1-17(2)13-9-5-7-11(14(13)16)10-6-3-4-8-12(10)15/h3-9H,15-16H2,1-2H3. The normalized spacial score (nSPS) is 10.2. The maximum absolute atomic E-state index is 6.19. The van der Waals surface area contributed by atoms with Gasteiger partial charge in [-0.3, -0.25) is 0 Å². The van der Waals surface area contributed by atoms with Crippen LogP contribution in [0.2, 0.25) is 0 Å². The molecule has 0 unspecified atom stereocenters. The van der Waals surface area contributed by atoms with Gasteiger partial charge in [-0.2, -0.15) is 0 Å². The highest BCUT2D eigenvalue weighted by atomic mass is 15.1. The van der Waals surface area contributed by atoms with Crippen molar-refractivity contribution in [2.24, 2.45) is 0 Å². The van der Waals surface area contributed by atoms with Crippen LogP contribution in [0.25, 0.3) is 11.1 Å². The number of hydrogen-bond donors (Lipinski definition) is 2. The monoisotopic (exact) mass is 227 g/mol. The fraction of sp³-hybridized carbons (Fsp3) is 0.143. The van der Waals surface area contributed by atoms with Crippen LogP contribution in [0.3, 0.4) is 0 Å². The van der Waals surface area contributed by atoms with Crippen molar-refractivity contribution in [3.63, 3.8) is 0 Å². The van der Waals surface area contributed by atoms with Gasteiger partial charge in [-0.05, 0) is 12.1 Å². The lowest BCUT2D eigenvalue weighted by Gasteiger charge is -2.18. The van der Waals surface area contributed by atoms with E-state index >= 15 is 0 Å². The summed E-state index contributed by atoms with van der Waals surface area (Å²) in [6, 6.07) is 13.7. The highest BCUT2D eigenvalue weighted by molar-refractivity contribution is 5.90. The first-order chi connectivity index (χ1) is 8.11. The largest absolute Gasteiger partial charge is 0.398 e. The maximum atomic E-state index is 6.19. The average molecular weight is 227 g/mol. The molecular weight excluding hydrogens is 210 g/mol. The van der Waals surface area contributed by atoms with E-state index < -0.39 is 0 Å². The molecule has 0 amide bonds. The second-order valence-corrected chi connectivity index (χ2v) is 4.22. The number of benzene rings is 2. The van der Waals surface area contributed by atoms with Crippen LogP contribution < -0.4 is 16.4 Å². The van der Waals surface area contributed by atoms with Crippen molar-refractivity contribution in [1.29, 1.82) is 0 Å². The van der Waals surface area contributed by atoms with Gasteiger partial charge >= 0.3 is 0 Å². The third kappa shape index (κ3) is 2.04. The van der Waals surface area contributed by atoms with Crippen LogP contribution in [-0.2, 0) is 0 Å². The Balaban J connectivity index is 2.61. The summed E-state index contributed by atoms with van der Waals surface area (Å²) in [6.07, 6.45) is 0. The Kier molecular flexibility index (Phi) is 2.91. The predicted molar refractivity (Wildman–Crippen MR) is 75.0 cm³/mol. The van der Waals surface area contributed by atoms with Gasteiger partial charge < -0.3 is 16.4 Å². The van der Waals surface area contributed by atoms with Crippen molar-refractivity contribution < 1.29 is 0 Å². The molecule has 0 aliphatic rings. The molecule has 0 fully saturated rings. The molecule has 3 nitrogen and oxygen atoms in total. The van der Waals surface area contributed by atoms with E-state index in [0.717, 1.165) is 28.2 Å². The summed E-state index contributed by atoms with van der Waals surface area (Å²) < 4.78 is 0. The molecule has 2 aromatic rings. The third-order valence-electron chi connectivity index (χ3n) is 2.82. The van der Waals surface area contributed by atoms with Gasteiger partial charge in [-0.1, -0.05) is 30.3 Å². The molecule has 0 bridgehead atoms. The van der Waals surface area contributed by atoms with Gasteiger partial charge in [0.2, 0.25) is 0 Å². The van der Waals surface area contributed by atoms with Crippen molar-refractivity contribution in [2.45, 2.75) is 0 Å². The summed E-state index contributed by atoms with van der Waals surface area (Å²) in [5, 5.41) is 0. The van der Waals surface area contributed by atoms with Gasteiger partial charge in [0.1, 0.15) is 0 Å². The molecular formula is C14H17N3. The first-order valence-electron chi connectivity index (χ1n) is 5.52. The third-order valence-corrected chi connectivity index (χ3v) is 2.82. The summed E-state index contributed by atoms with van der Waals surface area (Å²) in [7, 11) is 3.95. The molecule has 0 aliphatic heterocycles. The Hall–Kier alpha value is -2.16. The molecule has 88 valence electrons. The quantitative estimate of drug-likeness (QED) is 0.775. The van der Waals surface area contributed by atoms with Gasteiger partial charge in [0, 0.05) is 30.9 Å². The summed E-state index contributed by atoms with van der Waals surface area (Å²) in [5.74, 6) is 0. The number of hydrogen-bond acceptors (Lipinski definition) is 3. The van der Waals surface area contributed by atoms with Crippen LogP contribution in [0.15, 0.2) is 42.5 Å². The molecule has 3 heteroatoms. The number of nitrogens with zero attached hydrogens (tertiary/aromatic N) is 1. The second kappa shape index (κ2) is 4.37. The lowest BCUT2D eigenvalue weighted by molar-refractivity contribution is 1.13. The minimum Gasteiger partial charge on any atom is -0.398 e. The lowest BCUT2D eigenvalue weighted by atomic mass is 10.0. The zero-order chi connectivity index (χ0) is 12.4. The first kappa shape index (κ1) is 11.3. The zero-order valence-electron chi connectivity index (χ0n) is 10.1. The van der Waals surface area contributed by atoms with Crippen molar-refractivity contribution in [2.75, 3.05) is 30.5 Å². The molecule has 0 radical (unpaired) electrons. The van der Waals surface area contributed by atoms with Gasteiger partial charge in [0.15, 0.2) is 0 Å². The van der Waals surface area contributed by atoms with E-state index in [4.69, 9.17) is 11.5 Å². The molecule has 0 atom stereocenters. The number of rotatable bonds is 2. The van der Waals surface area contributed by atoms with E-state index in [0.29, 0.717) is 0 Å².